The second-order valence-electron chi connectivity index (χ2n) is 7.15. The highest BCUT2D eigenvalue weighted by Crippen LogP contribution is 2.20. The van der Waals surface area contributed by atoms with Gasteiger partial charge in [0, 0.05) is 23.6 Å². The van der Waals surface area contributed by atoms with Gasteiger partial charge < -0.3 is 15.2 Å². The number of nitrogens with one attached hydrogen (secondary N) is 2. The standard InChI is InChI=1S/C21H23N5O3S/c27-19(24-21-23-16(14-30-21)13-26-9-5-2-6-10-26)12-22-20(28)17-11-18(29-25-17)15-7-3-1-4-8-15/h1,3-4,7-8,11,14H,2,5-6,9-10,12-13H2,(H,22,28)(H,23,24,27). The summed E-state index contributed by atoms with van der Waals surface area (Å²) in [7, 11) is 0. The van der Waals surface area contributed by atoms with E-state index in [-0.39, 0.29) is 18.1 Å². The Balaban J connectivity index is 1.25. The number of nitrogens with zero attached hydrogens (tertiary/aromatic N) is 3. The third-order valence-electron chi connectivity index (χ3n) is 4.84. The third-order valence-corrected chi connectivity index (χ3v) is 5.65. The largest absolute Gasteiger partial charge is 0.355 e. The molecule has 0 unspecified atom stereocenters. The summed E-state index contributed by atoms with van der Waals surface area (Å²) >= 11 is 1.39. The smallest absolute Gasteiger partial charge is 0.273 e. The third kappa shape index (κ3) is 5.31. The van der Waals surface area contributed by atoms with Gasteiger partial charge in [0.05, 0.1) is 12.2 Å². The molecule has 2 amide bonds. The van der Waals surface area contributed by atoms with Crippen molar-refractivity contribution in [3.63, 3.8) is 0 Å². The molecule has 1 saturated heterocycles. The number of piperidine rings is 1. The van der Waals surface area contributed by atoms with Gasteiger partial charge in [0.2, 0.25) is 5.91 Å². The molecule has 1 aromatic carbocycles. The molecule has 9 heteroatoms. The summed E-state index contributed by atoms with van der Waals surface area (Å²) in [6, 6.07) is 10.9. The Morgan fingerprint density at radius 2 is 1.93 bits per heavy atom. The monoisotopic (exact) mass is 425 g/mol. The predicted molar refractivity (Wildman–Crippen MR) is 114 cm³/mol. The lowest BCUT2D eigenvalue weighted by molar-refractivity contribution is -0.115. The van der Waals surface area contributed by atoms with Crippen molar-refractivity contribution in [3.05, 3.63) is 53.2 Å². The summed E-state index contributed by atoms with van der Waals surface area (Å²) < 4.78 is 5.22. The molecule has 0 radical (unpaired) electrons. The van der Waals surface area contributed by atoms with E-state index in [9.17, 15) is 9.59 Å². The van der Waals surface area contributed by atoms with Gasteiger partial charge in [-0.1, -0.05) is 41.9 Å². The molecular formula is C21H23N5O3S. The number of amides is 2. The van der Waals surface area contributed by atoms with E-state index in [0.29, 0.717) is 10.9 Å². The van der Waals surface area contributed by atoms with E-state index in [1.165, 1.54) is 30.6 Å². The van der Waals surface area contributed by atoms with Crippen LogP contribution in [0.25, 0.3) is 11.3 Å². The molecule has 4 rings (SSSR count). The molecule has 30 heavy (non-hydrogen) atoms. The van der Waals surface area contributed by atoms with E-state index in [1.54, 1.807) is 6.07 Å². The van der Waals surface area contributed by atoms with Crippen molar-refractivity contribution < 1.29 is 14.1 Å². The molecule has 2 aromatic heterocycles. The van der Waals surface area contributed by atoms with Crippen molar-refractivity contribution in [2.75, 3.05) is 25.0 Å². The maximum atomic E-state index is 12.2. The Labute approximate surface area is 178 Å². The Hall–Kier alpha value is -3.04. The fourth-order valence-corrected chi connectivity index (χ4v) is 4.04. The minimum Gasteiger partial charge on any atom is -0.355 e. The molecule has 1 fully saturated rings. The van der Waals surface area contributed by atoms with Crippen LogP contribution in [0.15, 0.2) is 46.3 Å². The highest BCUT2D eigenvalue weighted by molar-refractivity contribution is 7.13. The minimum atomic E-state index is -0.471. The molecular weight excluding hydrogens is 402 g/mol. The van der Waals surface area contributed by atoms with Crippen LogP contribution >= 0.6 is 11.3 Å². The van der Waals surface area contributed by atoms with E-state index in [1.807, 2.05) is 35.7 Å². The van der Waals surface area contributed by atoms with Crippen molar-refractivity contribution in [2.24, 2.45) is 0 Å². The SMILES string of the molecule is O=C(CNC(=O)c1cc(-c2ccccc2)on1)Nc1nc(CN2CCCCC2)cs1. The Bertz CT molecular complexity index is 995. The maximum Gasteiger partial charge on any atom is 0.273 e. The molecule has 0 bridgehead atoms. The molecule has 2 N–H and O–H groups in total. The lowest BCUT2D eigenvalue weighted by Crippen LogP contribution is -2.33. The number of benzene rings is 1. The highest BCUT2D eigenvalue weighted by atomic mass is 32.1. The lowest BCUT2D eigenvalue weighted by Gasteiger charge is -2.25. The summed E-state index contributed by atoms with van der Waals surface area (Å²) in [4.78, 5) is 31.3. The van der Waals surface area contributed by atoms with Crippen LogP contribution in [0.2, 0.25) is 0 Å². The molecule has 0 atom stereocenters. The van der Waals surface area contributed by atoms with E-state index < -0.39 is 5.91 Å². The summed E-state index contributed by atoms with van der Waals surface area (Å²) in [6.07, 6.45) is 3.75. The molecule has 8 nitrogen and oxygen atoms in total. The van der Waals surface area contributed by atoms with Gasteiger partial charge >= 0.3 is 0 Å². The van der Waals surface area contributed by atoms with Crippen molar-refractivity contribution in [1.29, 1.82) is 0 Å². The van der Waals surface area contributed by atoms with E-state index in [4.69, 9.17) is 4.52 Å². The number of hydrogen-bond donors (Lipinski definition) is 2. The van der Waals surface area contributed by atoms with Crippen LogP contribution in [-0.2, 0) is 11.3 Å². The van der Waals surface area contributed by atoms with Crippen molar-refractivity contribution in [3.8, 4) is 11.3 Å². The zero-order valence-electron chi connectivity index (χ0n) is 16.5. The molecule has 0 saturated carbocycles. The first kappa shape index (κ1) is 20.2. The molecule has 1 aliphatic heterocycles. The van der Waals surface area contributed by atoms with Crippen LogP contribution in [-0.4, -0.2) is 46.5 Å². The fourth-order valence-electron chi connectivity index (χ4n) is 3.32. The topological polar surface area (TPSA) is 100 Å². The molecule has 1 aliphatic rings. The highest BCUT2D eigenvalue weighted by Gasteiger charge is 2.16. The van der Waals surface area contributed by atoms with Crippen molar-refractivity contribution in [2.45, 2.75) is 25.8 Å². The first-order valence-corrected chi connectivity index (χ1v) is 10.8. The predicted octanol–water partition coefficient (Wildman–Crippen LogP) is 3.15. The van der Waals surface area contributed by atoms with Gasteiger partial charge in [0.15, 0.2) is 16.6 Å². The normalized spacial score (nSPS) is 14.4. The van der Waals surface area contributed by atoms with Crippen LogP contribution in [0.5, 0.6) is 0 Å². The number of hydrogen-bond acceptors (Lipinski definition) is 7. The Morgan fingerprint density at radius 3 is 2.73 bits per heavy atom. The van der Waals surface area contributed by atoms with E-state index in [2.05, 4.69) is 25.7 Å². The van der Waals surface area contributed by atoms with Crippen molar-refractivity contribution in [1.82, 2.24) is 20.4 Å². The van der Waals surface area contributed by atoms with E-state index in [0.717, 1.165) is 30.9 Å². The zero-order chi connectivity index (χ0) is 20.8. The van der Waals surface area contributed by atoms with Gasteiger partial charge in [0.1, 0.15) is 0 Å². The maximum absolute atomic E-state index is 12.2. The number of carbonyl (C=O) groups is 2. The van der Waals surface area contributed by atoms with Gasteiger partial charge in [-0.15, -0.1) is 11.3 Å². The fraction of sp³-hybridized carbons (Fsp3) is 0.333. The first-order chi connectivity index (χ1) is 14.7. The van der Waals surface area contributed by atoms with Crippen LogP contribution in [0.3, 0.4) is 0 Å². The minimum absolute atomic E-state index is 0.125. The number of carbonyl (C=O) groups excluding carboxylic acids is 2. The average Bonchev–Trinajstić information content (AvgIpc) is 3.43. The second-order valence-corrected chi connectivity index (χ2v) is 8.01. The summed E-state index contributed by atoms with van der Waals surface area (Å²) in [5.74, 6) is -0.316. The quantitative estimate of drug-likeness (QED) is 0.603. The molecule has 0 spiro atoms. The molecule has 156 valence electrons. The van der Waals surface area contributed by atoms with Gasteiger partial charge in [-0.05, 0) is 25.9 Å². The van der Waals surface area contributed by atoms with Crippen LogP contribution in [0, 0.1) is 0 Å². The number of rotatable bonds is 7. The number of anilines is 1. The van der Waals surface area contributed by atoms with Gasteiger partial charge in [-0.25, -0.2) is 4.98 Å². The summed E-state index contributed by atoms with van der Waals surface area (Å²) in [5, 5.41) is 11.6. The van der Waals surface area contributed by atoms with Gasteiger partial charge in [-0.3, -0.25) is 14.5 Å². The summed E-state index contributed by atoms with van der Waals surface area (Å²) in [5.41, 5.74) is 1.91. The second kappa shape index (κ2) is 9.64. The summed E-state index contributed by atoms with van der Waals surface area (Å²) in [6.45, 7) is 2.82. The van der Waals surface area contributed by atoms with Gasteiger partial charge in [-0.2, -0.15) is 0 Å². The van der Waals surface area contributed by atoms with Crippen LogP contribution < -0.4 is 10.6 Å². The van der Waals surface area contributed by atoms with Gasteiger partial charge in [0.25, 0.3) is 5.91 Å². The molecule has 3 heterocycles. The Morgan fingerprint density at radius 1 is 1.13 bits per heavy atom. The van der Waals surface area contributed by atoms with E-state index >= 15 is 0 Å². The first-order valence-electron chi connectivity index (χ1n) is 9.94. The number of likely N-dealkylation sites (tertiary alicyclic amines) is 1. The Kier molecular flexibility index (Phi) is 6.50. The van der Waals surface area contributed by atoms with Crippen LogP contribution in [0.4, 0.5) is 5.13 Å². The lowest BCUT2D eigenvalue weighted by atomic mass is 10.1. The zero-order valence-corrected chi connectivity index (χ0v) is 17.3. The average molecular weight is 426 g/mol. The number of thiazole rings is 1. The molecule has 0 aliphatic carbocycles. The van der Waals surface area contributed by atoms with Crippen LogP contribution in [0.1, 0.15) is 35.4 Å². The van der Waals surface area contributed by atoms with Crippen molar-refractivity contribution >= 4 is 28.3 Å². The number of aromatic nitrogens is 2. The molecule has 3 aromatic rings.